The van der Waals surface area contributed by atoms with Gasteiger partial charge in [-0.2, -0.15) is 0 Å². The molecule has 1 aliphatic rings. The number of ether oxygens (including phenoxy) is 3. The summed E-state index contributed by atoms with van der Waals surface area (Å²) >= 11 is 0. The third kappa shape index (κ3) is 4.99. The van der Waals surface area contributed by atoms with Crippen LogP contribution in [0, 0.1) is 0 Å². The van der Waals surface area contributed by atoms with E-state index in [4.69, 9.17) is 14.2 Å². The monoisotopic (exact) mass is 371 g/mol. The lowest BCUT2D eigenvalue weighted by atomic mass is 10.1. The van der Waals surface area contributed by atoms with Crippen molar-refractivity contribution in [3.05, 3.63) is 65.7 Å². The van der Waals surface area contributed by atoms with E-state index in [0.29, 0.717) is 26.2 Å². The molecule has 0 spiro atoms. The SMILES string of the molecule is COc1ccc(COCC[C@H]2OC(=O)N(Cc3ccccc3)[C@@H]2CO)cc1. The van der Waals surface area contributed by atoms with Crippen LogP contribution >= 0.6 is 0 Å². The molecule has 0 aromatic heterocycles. The lowest BCUT2D eigenvalue weighted by Crippen LogP contribution is -2.39. The van der Waals surface area contributed by atoms with Crippen molar-refractivity contribution in [1.82, 2.24) is 4.90 Å². The van der Waals surface area contributed by atoms with Crippen LogP contribution in [0.25, 0.3) is 0 Å². The summed E-state index contributed by atoms with van der Waals surface area (Å²) in [5.74, 6) is 0.806. The number of methoxy groups -OCH3 is 1. The summed E-state index contributed by atoms with van der Waals surface area (Å²) in [7, 11) is 1.63. The topological polar surface area (TPSA) is 68.2 Å². The first-order valence-electron chi connectivity index (χ1n) is 9.04. The molecule has 0 bridgehead atoms. The zero-order valence-electron chi connectivity index (χ0n) is 15.4. The molecular weight excluding hydrogens is 346 g/mol. The van der Waals surface area contributed by atoms with Gasteiger partial charge in [0.05, 0.1) is 33.0 Å². The Balaban J connectivity index is 1.48. The predicted molar refractivity (Wildman–Crippen MR) is 100 cm³/mol. The molecule has 3 rings (SSSR count). The summed E-state index contributed by atoms with van der Waals surface area (Å²) in [6.45, 7) is 1.21. The fraction of sp³-hybridized carbons (Fsp3) is 0.381. The van der Waals surface area contributed by atoms with Crippen LogP contribution in [0.3, 0.4) is 0 Å². The molecule has 6 nitrogen and oxygen atoms in total. The fourth-order valence-electron chi connectivity index (χ4n) is 3.15. The molecule has 0 saturated carbocycles. The number of hydrogen-bond donors (Lipinski definition) is 1. The average molecular weight is 371 g/mol. The van der Waals surface area contributed by atoms with Crippen molar-refractivity contribution in [2.45, 2.75) is 31.7 Å². The van der Waals surface area contributed by atoms with Crippen molar-refractivity contribution in [2.75, 3.05) is 20.3 Å². The zero-order chi connectivity index (χ0) is 19.1. The Bertz CT molecular complexity index is 719. The van der Waals surface area contributed by atoms with Gasteiger partial charge in [0.2, 0.25) is 0 Å². The van der Waals surface area contributed by atoms with Gasteiger partial charge in [0.1, 0.15) is 11.9 Å². The lowest BCUT2D eigenvalue weighted by molar-refractivity contribution is 0.0594. The molecule has 1 saturated heterocycles. The van der Waals surface area contributed by atoms with Crippen LogP contribution in [-0.2, 0) is 22.6 Å². The van der Waals surface area contributed by atoms with Crippen LogP contribution in [0.4, 0.5) is 4.79 Å². The molecule has 2 aromatic carbocycles. The average Bonchev–Trinajstić information content (AvgIpc) is 3.01. The minimum Gasteiger partial charge on any atom is -0.497 e. The molecule has 0 radical (unpaired) electrons. The summed E-state index contributed by atoms with van der Waals surface area (Å²) in [5, 5.41) is 9.76. The zero-order valence-corrected chi connectivity index (χ0v) is 15.4. The van der Waals surface area contributed by atoms with Gasteiger partial charge in [-0.25, -0.2) is 4.79 Å². The Morgan fingerprint density at radius 1 is 1.07 bits per heavy atom. The van der Waals surface area contributed by atoms with E-state index in [9.17, 15) is 9.90 Å². The summed E-state index contributed by atoms with van der Waals surface area (Å²) in [4.78, 5) is 13.8. The van der Waals surface area contributed by atoms with Gasteiger partial charge in [-0.3, -0.25) is 4.90 Å². The number of amides is 1. The van der Waals surface area contributed by atoms with Crippen LogP contribution in [0.1, 0.15) is 17.5 Å². The maximum absolute atomic E-state index is 12.2. The molecule has 2 aromatic rings. The van der Waals surface area contributed by atoms with E-state index < -0.39 is 6.09 Å². The van der Waals surface area contributed by atoms with E-state index >= 15 is 0 Å². The largest absolute Gasteiger partial charge is 0.497 e. The summed E-state index contributed by atoms with van der Waals surface area (Å²) < 4.78 is 16.3. The maximum atomic E-state index is 12.2. The first-order valence-corrected chi connectivity index (χ1v) is 9.04. The number of cyclic esters (lactones) is 1. The van der Waals surface area contributed by atoms with Crippen LogP contribution in [0.5, 0.6) is 5.75 Å². The second kappa shape index (κ2) is 9.39. The van der Waals surface area contributed by atoms with Gasteiger partial charge >= 0.3 is 6.09 Å². The molecule has 27 heavy (non-hydrogen) atoms. The molecule has 0 unspecified atom stereocenters. The molecule has 1 N–H and O–H groups in total. The molecule has 1 heterocycles. The Morgan fingerprint density at radius 2 is 1.81 bits per heavy atom. The van der Waals surface area contributed by atoms with Gasteiger partial charge < -0.3 is 19.3 Å². The van der Waals surface area contributed by atoms with Gasteiger partial charge in [0.15, 0.2) is 0 Å². The summed E-state index contributed by atoms with van der Waals surface area (Å²) in [6, 6.07) is 17.0. The smallest absolute Gasteiger partial charge is 0.410 e. The third-order valence-electron chi connectivity index (χ3n) is 4.67. The van der Waals surface area contributed by atoms with Gasteiger partial charge in [0, 0.05) is 13.0 Å². The molecule has 0 aliphatic carbocycles. The molecule has 144 valence electrons. The molecule has 1 aliphatic heterocycles. The van der Waals surface area contributed by atoms with Crippen molar-refractivity contribution in [1.29, 1.82) is 0 Å². The summed E-state index contributed by atoms with van der Waals surface area (Å²) in [5.41, 5.74) is 2.05. The molecule has 6 heteroatoms. The Hall–Kier alpha value is -2.57. The molecule has 2 atom stereocenters. The van der Waals surface area contributed by atoms with Crippen LogP contribution in [-0.4, -0.2) is 48.6 Å². The number of aliphatic hydroxyl groups is 1. The van der Waals surface area contributed by atoms with E-state index in [-0.39, 0.29) is 18.8 Å². The van der Waals surface area contributed by atoms with E-state index in [1.165, 1.54) is 0 Å². The normalized spacial score (nSPS) is 19.2. The third-order valence-corrected chi connectivity index (χ3v) is 4.67. The second-order valence-corrected chi connectivity index (χ2v) is 6.47. The number of nitrogens with zero attached hydrogens (tertiary/aromatic N) is 1. The Kier molecular flexibility index (Phi) is 6.68. The minimum absolute atomic E-state index is 0.137. The maximum Gasteiger partial charge on any atom is 0.410 e. The van der Waals surface area contributed by atoms with Gasteiger partial charge in [-0.1, -0.05) is 42.5 Å². The minimum atomic E-state index is -0.391. The van der Waals surface area contributed by atoms with E-state index in [2.05, 4.69) is 0 Å². The highest BCUT2D eigenvalue weighted by Gasteiger charge is 2.40. The highest BCUT2D eigenvalue weighted by atomic mass is 16.6. The van der Waals surface area contributed by atoms with Crippen molar-refractivity contribution in [3.63, 3.8) is 0 Å². The number of rotatable bonds is 9. The van der Waals surface area contributed by atoms with Crippen LogP contribution in [0.2, 0.25) is 0 Å². The fourth-order valence-corrected chi connectivity index (χ4v) is 3.15. The van der Waals surface area contributed by atoms with Crippen molar-refractivity contribution in [2.24, 2.45) is 0 Å². The van der Waals surface area contributed by atoms with Gasteiger partial charge in [-0.05, 0) is 23.3 Å². The number of carbonyl (C=O) groups is 1. The number of carbonyl (C=O) groups excluding carboxylic acids is 1. The van der Waals surface area contributed by atoms with Crippen LogP contribution in [0.15, 0.2) is 54.6 Å². The predicted octanol–water partition coefficient (Wildman–Crippen LogP) is 2.98. The highest BCUT2D eigenvalue weighted by molar-refractivity contribution is 5.70. The molecular formula is C21H25NO5. The number of benzene rings is 2. The number of aliphatic hydroxyl groups excluding tert-OH is 1. The number of hydrogen-bond acceptors (Lipinski definition) is 5. The first-order chi connectivity index (χ1) is 13.2. The van der Waals surface area contributed by atoms with Crippen molar-refractivity contribution in [3.8, 4) is 5.75 Å². The first kappa shape index (κ1) is 19.2. The summed E-state index contributed by atoms with van der Waals surface area (Å²) in [6.07, 6.45) is -0.224. The molecule has 1 fully saturated rings. The van der Waals surface area contributed by atoms with Crippen molar-refractivity contribution < 1.29 is 24.1 Å². The van der Waals surface area contributed by atoms with E-state index in [0.717, 1.165) is 16.9 Å². The van der Waals surface area contributed by atoms with Gasteiger partial charge in [-0.15, -0.1) is 0 Å². The van der Waals surface area contributed by atoms with Gasteiger partial charge in [0.25, 0.3) is 0 Å². The second-order valence-electron chi connectivity index (χ2n) is 6.47. The van der Waals surface area contributed by atoms with E-state index in [1.54, 1.807) is 12.0 Å². The molecule has 1 amide bonds. The quantitative estimate of drug-likeness (QED) is 0.687. The van der Waals surface area contributed by atoms with Crippen LogP contribution < -0.4 is 4.74 Å². The van der Waals surface area contributed by atoms with Crippen molar-refractivity contribution >= 4 is 6.09 Å². The Labute approximate surface area is 159 Å². The van der Waals surface area contributed by atoms with E-state index in [1.807, 2.05) is 54.6 Å². The Morgan fingerprint density at radius 3 is 2.48 bits per heavy atom. The standard InChI is InChI=1S/C21H25NO5/c1-25-18-9-7-17(8-10-18)15-26-12-11-20-19(14-23)22(21(24)27-20)13-16-5-3-2-4-6-16/h2-10,19-20,23H,11-15H2,1H3/t19-,20-/m1/s1. The highest BCUT2D eigenvalue weighted by Crippen LogP contribution is 2.24. The lowest BCUT2D eigenvalue weighted by Gasteiger charge is -2.22.